The van der Waals surface area contributed by atoms with Gasteiger partial charge in [-0.05, 0) is 12.1 Å². The van der Waals surface area contributed by atoms with E-state index in [-0.39, 0.29) is 12.1 Å². The molecule has 2 aromatic rings. The number of carbonyl (C=O) groups excluding carboxylic acids is 1. The van der Waals surface area contributed by atoms with E-state index in [2.05, 4.69) is 4.98 Å². The maximum absolute atomic E-state index is 11.9. The Morgan fingerprint density at radius 3 is 2.60 bits per heavy atom. The summed E-state index contributed by atoms with van der Waals surface area (Å²) in [6.07, 6.45) is -3.42. The highest BCUT2D eigenvalue weighted by Gasteiger charge is 2.27. The molecule has 0 atom stereocenters. The predicted molar refractivity (Wildman–Crippen MR) is 64.7 cm³/mol. The Morgan fingerprint density at radius 1 is 1.25 bits per heavy atom. The number of halogens is 3. The van der Waals surface area contributed by atoms with Crippen LogP contribution < -0.4 is 5.32 Å². The fraction of sp³-hybridized carbons (Fsp3) is 0.231. The summed E-state index contributed by atoms with van der Waals surface area (Å²) in [5.74, 6) is -0.431. The largest absolute Gasteiger partial charge is 0.444 e. The van der Waals surface area contributed by atoms with E-state index < -0.39 is 18.6 Å². The average Bonchev–Trinajstić information content (AvgIpc) is 2.85. The lowest BCUT2D eigenvalue weighted by molar-refractivity contribution is -0.138. The van der Waals surface area contributed by atoms with Crippen LogP contribution in [-0.4, -0.2) is 23.6 Å². The summed E-state index contributed by atoms with van der Waals surface area (Å²) in [6.45, 7) is -1.35. The third-order valence-corrected chi connectivity index (χ3v) is 2.40. The maximum atomic E-state index is 11.9. The lowest BCUT2D eigenvalue weighted by atomic mass is 10.2. The molecule has 0 fully saturated rings. The zero-order valence-electron chi connectivity index (χ0n) is 10.3. The Labute approximate surface area is 112 Å². The molecular formula is C13H11F3N2O2. The quantitative estimate of drug-likeness (QED) is 0.938. The molecule has 1 aromatic heterocycles. The molecule has 2 rings (SSSR count). The van der Waals surface area contributed by atoms with Crippen molar-refractivity contribution >= 4 is 5.91 Å². The molecule has 0 unspecified atom stereocenters. The number of carbonyl (C=O) groups is 1. The van der Waals surface area contributed by atoms with Crippen molar-refractivity contribution in [2.75, 3.05) is 6.54 Å². The van der Waals surface area contributed by atoms with Gasteiger partial charge in [0.05, 0.1) is 12.1 Å². The highest BCUT2D eigenvalue weighted by Crippen LogP contribution is 2.18. The summed E-state index contributed by atoms with van der Waals surface area (Å²) >= 11 is 0. The second kappa shape index (κ2) is 5.77. The Bertz CT molecular complexity index is 579. The third kappa shape index (κ3) is 4.11. The minimum Gasteiger partial charge on any atom is -0.444 e. The first kappa shape index (κ1) is 14.1. The van der Waals surface area contributed by atoms with Gasteiger partial charge in [-0.1, -0.05) is 18.2 Å². The van der Waals surface area contributed by atoms with Crippen LogP contribution in [0.5, 0.6) is 0 Å². The number of nitrogens with zero attached hydrogens (tertiary/aromatic N) is 1. The highest BCUT2D eigenvalue weighted by molar-refractivity contribution is 5.78. The van der Waals surface area contributed by atoms with Crippen LogP contribution >= 0.6 is 0 Å². The van der Waals surface area contributed by atoms with Crippen molar-refractivity contribution in [1.29, 1.82) is 0 Å². The van der Waals surface area contributed by atoms with Crippen LogP contribution in [0.15, 0.2) is 41.0 Å². The van der Waals surface area contributed by atoms with Gasteiger partial charge in [0.25, 0.3) is 0 Å². The number of oxazole rings is 1. The fourth-order valence-electron chi connectivity index (χ4n) is 1.53. The maximum Gasteiger partial charge on any atom is 0.405 e. The van der Waals surface area contributed by atoms with Crippen LogP contribution in [-0.2, 0) is 11.2 Å². The first-order valence-corrected chi connectivity index (χ1v) is 5.77. The van der Waals surface area contributed by atoms with Gasteiger partial charge in [0.2, 0.25) is 11.8 Å². The van der Waals surface area contributed by atoms with Gasteiger partial charge >= 0.3 is 6.18 Å². The molecule has 106 valence electrons. The summed E-state index contributed by atoms with van der Waals surface area (Å²) in [6, 6.07) is 8.99. The standard InChI is InChI=1S/C13H11F3N2O2/c14-13(15,16)8-17-11(19)6-10-7-20-12(18-10)9-4-2-1-3-5-9/h1-5,7H,6,8H2,(H,17,19). The van der Waals surface area contributed by atoms with Crippen molar-refractivity contribution in [2.45, 2.75) is 12.6 Å². The monoisotopic (exact) mass is 284 g/mol. The molecule has 1 heterocycles. The predicted octanol–water partition coefficient (Wildman–Crippen LogP) is 2.56. The van der Waals surface area contributed by atoms with Crippen molar-refractivity contribution in [3.8, 4) is 11.5 Å². The molecule has 1 N–H and O–H groups in total. The number of amides is 1. The van der Waals surface area contributed by atoms with Crippen LogP contribution in [0, 0.1) is 0 Å². The molecule has 20 heavy (non-hydrogen) atoms. The zero-order valence-corrected chi connectivity index (χ0v) is 10.3. The van der Waals surface area contributed by atoms with Crippen molar-refractivity contribution in [2.24, 2.45) is 0 Å². The second-order valence-electron chi connectivity index (χ2n) is 4.08. The van der Waals surface area contributed by atoms with Crippen LogP contribution in [0.1, 0.15) is 5.69 Å². The number of aromatic nitrogens is 1. The van der Waals surface area contributed by atoms with Gasteiger partial charge in [-0.3, -0.25) is 4.79 Å². The van der Waals surface area contributed by atoms with E-state index in [1.807, 2.05) is 6.07 Å². The molecule has 0 radical (unpaired) electrons. The number of alkyl halides is 3. The van der Waals surface area contributed by atoms with E-state index in [0.29, 0.717) is 5.89 Å². The van der Waals surface area contributed by atoms with Crippen LogP contribution in [0.4, 0.5) is 13.2 Å². The Morgan fingerprint density at radius 2 is 1.95 bits per heavy atom. The van der Waals surface area contributed by atoms with E-state index in [9.17, 15) is 18.0 Å². The van der Waals surface area contributed by atoms with E-state index in [4.69, 9.17) is 4.42 Å². The Balaban J connectivity index is 1.95. The molecular weight excluding hydrogens is 273 g/mol. The number of hydrogen-bond acceptors (Lipinski definition) is 3. The van der Waals surface area contributed by atoms with Crippen LogP contribution in [0.3, 0.4) is 0 Å². The van der Waals surface area contributed by atoms with Crippen LogP contribution in [0.2, 0.25) is 0 Å². The van der Waals surface area contributed by atoms with Crippen molar-refractivity contribution in [3.63, 3.8) is 0 Å². The molecule has 1 amide bonds. The molecule has 7 heteroatoms. The highest BCUT2D eigenvalue weighted by atomic mass is 19.4. The fourth-order valence-corrected chi connectivity index (χ4v) is 1.53. The van der Waals surface area contributed by atoms with E-state index in [1.54, 1.807) is 29.6 Å². The van der Waals surface area contributed by atoms with E-state index >= 15 is 0 Å². The smallest absolute Gasteiger partial charge is 0.405 e. The zero-order chi connectivity index (χ0) is 14.6. The van der Waals surface area contributed by atoms with Crippen LogP contribution in [0.25, 0.3) is 11.5 Å². The van der Waals surface area contributed by atoms with E-state index in [0.717, 1.165) is 5.56 Å². The molecule has 0 spiro atoms. The first-order valence-electron chi connectivity index (χ1n) is 5.77. The molecule has 0 aliphatic carbocycles. The lowest BCUT2D eigenvalue weighted by Crippen LogP contribution is -2.34. The van der Waals surface area contributed by atoms with E-state index in [1.165, 1.54) is 6.26 Å². The van der Waals surface area contributed by atoms with Crippen molar-refractivity contribution in [3.05, 3.63) is 42.3 Å². The van der Waals surface area contributed by atoms with Gasteiger partial charge in [0.15, 0.2) is 0 Å². The van der Waals surface area contributed by atoms with Crippen molar-refractivity contribution < 1.29 is 22.4 Å². The number of rotatable bonds is 4. The van der Waals surface area contributed by atoms with Gasteiger partial charge in [-0.15, -0.1) is 0 Å². The summed E-state index contributed by atoms with van der Waals surface area (Å²) in [4.78, 5) is 15.4. The summed E-state index contributed by atoms with van der Waals surface area (Å²) in [5, 5.41) is 1.77. The first-order chi connectivity index (χ1) is 9.44. The molecule has 4 nitrogen and oxygen atoms in total. The topological polar surface area (TPSA) is 55.1 Å². The normalized spacial score (nSPS) is 11.3. The lowest BCUT2D eigenvalue weighted by Gasteiger charge is -2.06. The second-order valence-corrected chi connectivity index (χ2v) is 4.08. The van der Waals surface area contributed by atoms with Crippen molar-refractivity contribution in [1.82, 2.24) is 10.3 Å². The minimum atomic E-state index is -4.42. The molecule has 0 saturated heterocycles. The minimum absolute atomic E-state index is 0.258. The van der Waals surface area contributed by atoms with Gasteiger partial charge < -0.3 is 9.73 Å². The number of hydrogen-bond donors (Lipinski definition) is 1. The summed E-state index contributed by atoms with van der Waals surface area (Å²) in [5.41, 5.74) is 1.01. The SMILES string of the molecule is O=C(Cc1coc(-c2ccccc2)n1)NCC(F)(F)F. The molecule has 0 bridgehead atoms. The van der Waals surface area contributed by atoms with Gasteiger partial charge in [0.1, 0.15) is 12.8 Å². The average molecular weight is 284 g/mol. The molecule has 1 aromatic carbocycles. The number of nitrogens with one attached hydrogen (secondary N) is 1. The molecule has 0 saturated carbocycles. The summed E-state index contributed by atoms with van der Waals surface area (Å²) in [7, 11) is 0. The van der Waals surface area contributed by atoms with Gasteiger partial charge in [-0.2, -0.15) is 13.2 Å². The van der Waals surface area contributed by atoms with Gasteiger partial charge in [0, 0.05) is 5.56 Å². The summed E-state index contributed by atoms with van der Waals surface area (Å²) < 4.78 is 41.0. The Kier molecular flexibility index (Phi) is 4.07. The molecule has 0 aliphatic heterocycles. The Hall–Kier alpha value is -2.31. The number of benzene rings is 1. The van der Waals surface area contributed by atoms with Gasteiger partial charge in [-0.25, -0.2) is 4.98 Å². The third-order valence-electron chi connectivity index (χ3n) is 2.40. The molecule has 0 aliphatic rings.